The van der Waals surface area contributed by atoms with Crippen LogP contribution < -0.4 is 5.19 Å². The first-order valence-electron chi connectivity index (χ1n) is 21.9. The van der Waals surface area contributed by atoms with E-state index < -0.39 is 8.07 Å². The molecule has 10 aromatic rings. The molecule has 3 heterocycles. The summed E-state index contributed by atoms with van der Waals surface area (Å²) in [6, 6.07) is 65.6. The van der Waals surface area contributed by atoms with Gasteiger partial charge in [0.05, 0.1) is 30.5 Å². The predicted octanol–water partition coefficient (Wildman–Crippen LogP) is 14.6. The van der Waals surface area contributed by atoms with Crippen LogP contribution in [0.1, 0.15) is 31.2 Å². The van der Waals surface area contributed by atoms with Crippen LogP contribution in [0, 0.1) is 18.1 Å². The van der Waals surface area contributed by atoms with Crippen molar-refractivity contribution in [1.29, 1.82) is 0 Å². The molecule has 1 aliphatic rings. The average molecular weight is 1010 g/mol. The number of fused-ring (bicyclic) bond motifs is 4. The summed E-state index contributed by atoms with van der Waals surface area (Å²) in [7, 11) is -1.35. The van der Waals surface area contributed by atoms with Crippen LogP contribution in [0.15, 0.2) is 180 Å². The molecule has 0 atom stereocenters. The molecular formula is C57H49IrN3OSi-2. The molecule has 63 heavy (non-hydrogen) atoms. The number of hydrogen-bond donors (Lipinski definition) is 0. The van der Waals surface area contributed by atoms with Crippen LogP contribution in [-0.2, 0) is 26.5 Å². The van der Waals surface area contributed by atoms with Crippen molar-refractivity contribution in [3.8, 4) is 50.6 Å². The molecule has 1 saturated carbocycles. The maximum absolute atomic E-state index is 6.43. The number of hydrogen-bond acceptors (Lipinski definition) is 3. The first kappa shape index (κ1) is 42.1. The quantitative estimate of drug-likeness (QED) is 0.113. The molecule has 0 N–H and O–H groups in total. The largest absolute Gasteiger partial charge is 0.501 e. The van der Waals surface area contributed by atoms with Gasteiger partial charge in [-0.2, -0.15) is 0 Å². The summed E-state index contributed by atoms with van der Waals surface area (Å²) in [5.74, 6) is 1.68. The van der Waals surface area contributed by atoms with E-state index in [0.717, 1.165) is 78.3 Å². The molecule has 1 aliphatic carbocycles. The third-order valence-corrected chi connectivity index (χ3v) is 14.4. The fourth-order valence-corrected chi connectivity index (χ4v) is 10.8. The molecule has 0 bridgehead atoms. The van der Waals surface area contributed by atoms with Gasteiger partial charge in [-0.15, -0.1) is 54.1 Å². The van der Waals surface area contributed by atoms with Crippen molar-refractivity contribution in [2.24, 2.45) is 5.92 Å². The van der Waals surface area contributed by atoms with Gasteiger partial charge in [0.15, 0.2) is 0 Å². The molecule has 7 aromatic carbocycles. The average Bonchev–Trinajstić information content (AvgIpc) is 4.07. The Hall–Kier alpha value is -6.17. The number of para-hydroxylation sites is 3. The Labute approximate surface area is 385 Å². The molecule has 3 aromatic heterocycles. The van der Waals surface area contributed by atoms with Gasteiger partial charge in [-0.1, -0.05) is 165 Å². The Bertz CT molecular complexity index is 3150. The van der Waals surface area contributed by atoms with Gasteiger partial charge in [0.1, 0.15) is 5.58 Å². The van der Waals surface area contributed by atoms with E-state index in [-0.39, 0.29) is 20.1 Å². The topological polar surface area (TPSA) is 43.9 Å². The van der Waals surface area contributed by atoms with Crippen molar-refractivity contribution in [2.45, 2.75) is 51.7 Å². The molecule has 313 valence electrons. The monoisotopic (exact) mass is 1010 g/mol. The van der Waals surface area contributed by atoms with Crippen LogP contribution in [0.4, 0.5) is 0 Å². The fraction of sp³-hybridized carbons (Fsp3) is 0.158. The van der Waals surface area contributed by atoms with E-state index in [1.54, 1.807) is 10.8 Å². The van der Waals surface area contributed by atoms with Crippen LogP contribution in [0.2, 0.25) is 19.6 Å². The zero-order valence-corrected chi connectivity index (χ0v) is 39.3. The second-order valence-corrected chi connectivity index (χ2v) is 22.6. The Morgan fingerprint density at radius 2 is 1.38 bits per heavy atom. The molecule has 0 unspecified atom stereocenters. The fourth-order valence-electron chi connectivity index (χ4n) is 9.25. The van der Waals surface area contributed by atoms with Crippen LogP contribution >= 0.6 is 0 Å². The minimum Gasteiger partial charge on any atom is -0.501 e. The molecule has 1 radical (unpaired) electrons. The Morgan fingerprint density at radius 1 is 0.667 bits per heavy atom. The summed E-state index contributed by atoms with van der Waals surface area (Å²) in [6.45, 7) is 7.28. The third kappa shape index (κ3) is 8.64. The maximum Gasteiger partial charge on any atom is 0.120 e. The smallest absolute Gasteiger partial charge is 0.120 e. The van der Waals surface area contributed by atoms with Gasteiger partial charge in [-0.3, -0.25) is 4.98 Å². The molecule has 0 saturated heterocycles. The molecule has 0 aliphatic heterocycles. The van der Waals surface area contributed by atoms with E-state index in [1.807, 2.05) is 42.5 Å². The van der Waals surface area contributed by atoms with Crippen LogP contribution in [0.5, 0.6) is 0 Å². The minimum atomic E-state index is -1.35. The summed E-state index contributed by atoms with van der Waals surface area (Å²) in [5, 5.41) is 3.69. The molecule has 0 amide bonds. The van der Waals surface area contributed by atoms with Crippen LogP contribution in [0.3, 0.4) is 0 Å². The number of nitrogens with zero attached hydrogens (tertiary/aromatic N) is 3. The van der Waals surface area contributed by atoms with Gasteiger partial charge in [0, 0.05) is 42.9 Å². The number of furan rings is 1. The van der Waals surface area contributed by atoms with Crippen molar-refractivity contribution in [1.82, 2.24) is 14.5 Å². The van der Waals surface area contributed by atoms with Gasteiger partial charge in [0.25, 0.3) is 0 Å². The zero-order valence-electron chi connectivity index (χ0n) is 35.9. The number of pyridine rings is 1. The summed E-state index contributed by atoms with van der Waals surface area (Å²) in [5.41, 5.74) is 13.9. The number of rotatable bonds is 8. The van der Waals surface area contributed by atoms with Crippen LogP contribution in [0.25, 0.3) is 83.6 Å². The van der Waals surface area contributed by atoms with E-state index in [4.69, 9.17) is 14.4 Å². The van der Waals surface area contributed by atoms with Gasteiger partial charge < -0.3 is 14.0 Å². The van der Waals surface area contributed by atoms with Gasteiger partial charge in [-0.05, 0) is 70.2 Å². The number of aromatic nitrogens is 3. The van der Waals surface area contributed by atoms with Crippen molar-refractivity contribution in [3.63, 3.8) is 0 Å². The molecule has 4 nitrogen and oxygen atoms in total. The Morgan fingerprint density at radius 3 is 2.14 bits per heavy atom. The van der Waals surface area contributed by atoms with Crippen molar-refractivity contribution in [3.05, 3.63) is 194 Å². The van der Waals surface area contributed by atoms with E-state index in [1.165, 1.54) is 43.2 Å². The summed E-state index contributed by atoms with van der Waals surface area (Å²) in [4.78, 5) is 9.92. The predicted molar refractivity (Wildman–Crippen MR) is 261 cm³/mol. The SMILES string of the molecule is C[Si](C)(C)c1cnc(-c2[c-]cccc2)cc1CC1CCCC1.[Ir].[c-]1ccc2c(oc3ccccc32)c1-c1nc2ccccc2n1-c1ccc(-c2ccccc2)cc1-c1ccccc1. The first-order chi connectivity index (χ1) is 30.4. The minimum absolute atomic E-state index is 0. The van der Waals surface area contributed by atoms with Gasteiger partial charge >= 0.3 is 0 Å². The molecule has 1 fully saturated rings. The van der Waals surface area contributed by atoms with Gasteiger partial charge in [0.2, 0.25) is 0 Å². The maximum atomic E-state index is 6.43. The summed E-state index contributed by atoms with van der Waals surface area (Å²) < 4.78 is 8.69. The molecule has 6 heteroatoms. The molecular weight excluding hydrogens is 963 g/mol. The standard InChI is InChI=1S/C37H23N2O.C20H26NSi.Ir/c1-3-12-25(13-4-1)27-22-23-33(31(24-27)26-14-5-2-6-15-26)39-34-20-9-8-19-32(34)38-37(39)30-18-11-17-29-28-16-7-10-21-35(28)40-36(29)30;1-22(2,3)20-15-21-19(17-11-5-4-6-12-17)14-18(20)13-16-9-7-8-10-16;/h1-17,19-24H;4-6,11,14-16H,7-10,13H2,1-3H3;/q2*-1;. The van der Waals surface area contributed by atoms with Crippen molar-refractivity contribution in [2.75, 3.05) is 0 Å². The first-order valence-corrected chi connectivity index (χ1v) is 25.4. The summed E-state index contributed by atoms with van der Waals surface area (Å²) in [6.07, 6.45) is 9.03. The van der Waals surface area contributed by atoms with E-state index in [9.17, 15) is 0 Å². The van der Waals surface area contributed by atoms with Crippen molar-refractivity contribution < 1.29 is 24.5 Å². The Balaban J connectivity index is 0.000000187. The molecule has 11 rings (SSSR count). The van der Waals surface area contributed by atoms with E-state index in [0.29, 0.717) is 0 Å². The van der Waals surface area contributed by atoms with E-state index >= 15 is 0 Å². The molecule has 0 spiro atoms. The normalized spacial score (nSPS) is 12.9. The second-order valence-electron chi connectivity index (χ2n) is 17.5. The van der Waals surface area contributed by atoms with Crippen molar-refractivity contribution >= 4 is 46.2 Å². The van der Waals surface area contributed by atoms with E-state index in [2.05, 4.69) is 170 Å². The summed E-state index contributed by atoms with van der Waals surface area (Å²) >= 11 is 0. The second kappa shape index (κ2) is 18.3. The number of imidazole rings is 1. The zero-order chi connectivity index (χ0) is 42.0. The number of benzene rings is 7. The Kier molecular flexibility index (Phi) is 12.2. The van der Waals surface area contributed by atoms with Gasteiger partial charge in [-0.25, -0.2) is 0 Å². The van der Waals surface area contributed by atoms with Crippen LogP contribution in [-0.4, -0.2) is 22.6 Å². The third-order valence-electron chi connectivity index (χ3n) is 12.3.